The van der Waals surface area contributed by atoms with Crippen LogP contribution in [0.2, 0.25) is 0 Å². The molecule has 0 spiro atoms. The first-order chi connectivity index (χ1) is 14.8. The van der Waals surface area contributed by atoms with Crippen molar-refractivity contribution in [2.24, 2.45) is 0 Å². The maximum absolute atomic E-state index is 6.05. The SMILES string of the molecule is Cc1cc(N2CCC(c3ccccc3)C2)c2cc(OCc3cccnc3)ccc2n1. The van der Waals surface area contributed by atoms with E-state index in [1.54, 1.807) is 6.20 Å². The van der Waals surface area contributed by atoms with Crippen LogP contribution in [-0.4, -0.2) is 23.1 Å². The van der Waals surface area contributed by atoms with Gasteiger partial charge in [0.15, 0.2) is 0 Å². The Hall–Kier alpha value is -3.40. The number of rotatable bonds is 5. The van der Waals surface area contributed by atoms with E-state index in [2.05, 4.69) is 65.3 Å². The number of aryl methyl sites for hydroxylation is 1. The molecule has 1 aliphatic rings. The molecule has 30 heavy (non-hydrogen) atoms. The lowest BCUT2D eigenvalue weighted by molar-refractivity contribution is 0.306. The number of benzene rings is 2. The number of nitrogens with zero attached hydrogens (tertiary/aromatic N) is 3. The van der Waals surface area contributed by atoms with E-state index < -0.39 is 0 Å². The van der Waals surface area contributed by atoms with Crippen molar-refractivity contribution in [3.8, 4) is 5.75 Å². The first-order valence-electron chi connectivity index (χ1n) is 10.5. The van der Waals surface area contributed by atoms with Crippen LogP contribution in [0.5, 0.6) is 5.75 Å². The predicted octanol–water partition coefficient (Wildman–Crippen LogP) is 5.51. The number of fused-ring (bicyclic) bond motifs is 1. The molecule has 0 saturated carbocycles. The molecule has 0 amide bonds. The third kappa shape index (κ3) is 3.86. The van der Waals surface area contributed by atoms with E-state index in [1.165, 1.54) is 17.7 Å². The molecule has 0 aliphatic carbocycles. The van der Waals surface area contributed by atoms with E-state index in [-0.39, 0.29) is 0 Å². The van der Waals surface area contributed by atoms with Crippen LogP contribution in [0.1, 0.15) is 29.2 Å². The topological polar surface area (TPSA) is 38.2 Å². The second-order valence-electron chi connectivity index (χ2n) is 7.95. The Bertz CT molecular complexity index is 1150. The lowest BCUT2D eigenvalue weighted by atomic mass is 9.99. The number of hydrogen-bond acceptors (Lipinski definition) is 4. The number of anilines is 1. The van der Waals surface area contributed by atoms with Crippen LogP contribution in [0.25, 0.3) is 10.9 Å². The van der Waals surface area contributed by atoms with Crippen LogP contribution in [0, 0.1) is 6.92 Å². The zero-order valence-corrected chi connectivity index (χ0v) is 17.2. The van der Waals surface area contributed by atoms with E-state index in [9.17, 15) is 0 Å². The first kappa shape index (κ1) is 18.6. The van der Waals surface area contributed by atoms with Gasteiger partial charge in [0.05, 0.1) is 5.52 Å². The molecule has 0 bridgehead atoms. The fourth-order valence-corrected chi connectivity index (χ4v) is 4.29. The Morgan fingerprint density at radius 2 is 1.93 bits per heavy atom. The number of hydrogen-bond donors (Lipinski definition) is 0. The molecule has 4 aromatic rings. The monoisotopic (exact) mass is 395 g/mol. The zero-order valence-electron chi connectivity index (χ0n) is 17.2. The molecule has 3 heterocycles. The average Bonchev–Trinajstić information content (AvgIpc) is 3.29. The molecule has 0 radical (unpaired) electrons. The molecule has 4 nitrogen and oxygen atoms in total. The third-order valence-electron chi connectivity index (χ3n) is 5.81. The number of ether oxygens (including phenoxy) is 1. The first-order valence-corrected chi connectivity index (χ1v) is 10.5. The Morgan fingerprint density at radius 1 is 1.03 bits per heavy atom. The maximum Gasteiger partial charge on any atom is 0.120 e. The van der Waals surface area contributed by atoms with Crippen LogP contribution >= 0.6 is 0 Å². The van der Waals surface area contributed by atoms with E-state index in [4.69, 9.17) is 9.72 Å². The lowest BCUT2D eigenvalue weighted by Gasteiger charge is -2.22. The van der Waals surface area contributed by atoms with E-state index in [0.29, 0.717) is 12.5 Å². The molecule has 1 unspecified atom stereocenters. The highest BCUT2D eigenvalue weighted by Crippen LogP contribution is 2.36. The molecule has 0 N–H and O–H groups in total. The van der Waals surface area contributed by atoms with E-state index in [0.717, 1.165) is 41.0 Å². The van der Waals surface area contributed by atoms with Gasteiger partial charge in [0.25, 0.3) is 0 Å². The molecule has 5 rings (SSSR count). The normalized spacial score (nSPS) is 16.2. The standard InChI is InChI=1S/C26H25N3O/c1-19-14-26(29-13-11-22(17-29)21-7-3-2-4-8-21)24-15-23(9-10-25(24)28-19)30-18-20-6-5-12-27-16-20/h2-10,12,14-16,22H,11,13,17-18H2,1H3. The summed E-state index contributed by atoms with van der Waals surface area (Å²) in [5, 5.41) is 1.15. The van der Waals surface area contributed by atoms with Gasteiger partial charge in [0.1, 0.15) is 12.4 Å². The van der Waals surface area contributed by atoms with Gasteiger partial charge in [-0.3, -0.25) is 9.97 Å². The molecule has 2 aromatic heterocycles. The Kier molecular flexibility index (Phi) is 5.06. The van der Waals surface area contributed by atoms with Crippen molar-refractivity contribution in [2.45, 2.75) is 25.9 Å². The van der Waals surface area contributed by atoms with Gasteiger partial charge in [-0.05, 0) is 49.2 Å². The van der Waals surface area contributed by atoms with Crippen LogP contribution in [-0.2, 0) is 6.61 Å². The fourth-order valence-electron chi connectivity index (χ4n) is 4.29. The summed E-state index contributed by atoms with van der Waals surface area (Å²) in [7, 11) is 0. The molecule has 4 heteroatoms. The lowest BCUT2D eigenvalue weighted by Crippen LogP contribution is -2.20. The summed E-state index contributed by atoms with van der Waals surface area (Å²) in [6.45, 7) is 4.66. The second kappa shape index (κ2) is 8.15. The number of pyridine rings is 2. The van der Waals surface area contributed by atoms with Gasteiger partial charge in [-0.2, -0.15) is 0 Å². The molecule has 2 aromatic carbocycles. The van der Waals surface area contributed by atoms with Crippen molar-refractivity contribution in [1.82, 2.24) is 9.97 Å². The Balaban J connectivity index is 1.42. The van der Waals surface area contributed by atoms with Crippen molar-refractivity contribution >= 4 is 16.6 Å². The summed E-state index contributed by atoms with van der Waals surface area (Å²) in [5.41, 5.74) is 5.80. The molecule has 150 valence electrons. The molecule has 1 fully saturated rings. The quantitative estimate of drug-likeness (QED) is 0.446. The van der Waals surface area contributed by atoms with Gasteiger partial charge in [-0.25, -0.2) is 0 Å². The van der Waals surface area contributed by atoms with Gasteiger partial charge in [0, 0.05) is 53.7 Å². The number of aromatic nitrogens is 2. The fraction of sp³-hybridized carbons (Fsp3) is 0.231. The van der Waals surface area contributed by atoms with Gasteiger partial charge < -0.3 is 9.64 Å². The second-order valence-corrected chi connectivity index (χ2v) is 7.95. The summed E-state index contributed by atoms with van der Waals surface area (Å²) in [4.78, 5) is 11.4. The highest BCUT2D eigenvalue weighted by Gasteiger charge is 2.25. The minimum Gasteiger partial charge on any atom is -0.489 e. The smallest absolute Gasteiger partial charge is 0.120 e. The van der Waals surface area contributed by atoms with Gasteiger partial charge in [0.2, 0.25) is 0 Å². The molecule has 1 saturated heterocycles. The van der Waals surface area contributed by atoms with Crippen molar-refractivity contribution in [1.29, 1.82) is 0 Å². The molecule has 1 aliphatic heterocycles. The van der Waals surface area contributed by atoms with Gasteiger partial charge in [-0.1, -0.05) is 36.4 Å². The van der Waals surface area contributed by atoms with Crippen molar-refractivity contribution in [3.05, 3.63) is 95.9 Å². The minimum absolute atomic E-state index is 0.508. The summed E-state index contributed by atoms with van der Waals surface area (Å²) in [6, 6.07) is 23.2. The Morgan fingerprint density at radius 3 is 2.77 bits per heavy atom. The van der Waals surface area contributed by atoms with Gasteiger partial charge >= 0.3 is 0 Å². The van der Waals surface area contributed by atoms with Crippen molar-refractivity contribution < 1.29 is 4.74 Å². The van der Waals surface area contributed by atoms with Crippen LogP contribution in [0.3, 0.4) is 0 Å². The maximum atomic E-state index is 6.05. The summed E-state index contributed by atoms with van der Waals surface area (Å²) >= 11 is 0. The summed E-state index contributed by atoms with van der Waals surface area (Å²) < 4.78 is 6.05. The van der Waals surface area contributed by atoms with E-state index in [1.807, 2.05) is 24.4 Å². The molecular weight excluding hydrogens is 370 g/mol. The Labute approximate surface area is 177 Å². The van der Waals surface area contributed by atoms with Crippen LogP contribution < -0.4 is 9.64 Å². The predicted molar refractivity (Wildman–Crippen MR) is 121 cm³/mol. The minimum atomic E-state index is 0.508. The largest absolute Gasteiger partial charge is 0.489 e. The van der Waals surface area contributed by atoms with Crippen molar-refractivity contribution in [3.63, 3.8) is 0 Å². The highest BCUT2D eigenvalue weighted by molar-refractivity contribution is 5.93. The highest BCUT2D eigenvalue weighted by atomic mass is 16.5. The van der Waals surface area contributed by atoms with E-state index >= 15 is 0 Å². The van der Waals surface area contributed by atoms with Crippen LogP contribution in [0.15, 0.2) is 79.1 Å². The summed E-state index contributed by atoms with van der Waals surface area (Å²) in [6.07, 6.45) is 4.79. The van der Waals surface area contributed by atoms with Crippen LogP contribution in [0.4, 0.5) is 5.69 Å². The van der Waals surface area contributed by atoms with Crippen molar-refractivity contribution in [2.75, 3.05) is 18.0 Å². The zero-order chi connectivity index (χ0) is 20.3. The average molecular weight is 396 g/mol. The molecular formula is C26H25N3O. The third-order valence-corrected chi connectivity index (χ3v) is 5.81. The van der Waals surface area contributed by atoms with Gasteiger partial charge in [-0.15, -0.1) is 0 Å². The molecule has 1 atom stereocenters. The summed E-state index contributed by atoms with van der Waals surface area (Å²) in [5.74, 6) is 1.43.